The zero-order chi connectivity index (χ0) is 25.7. The quantitative estimate of drug-likeness (QED) is 0.328. The Bertz CT molecular complexity index is 1190. The molecule has 2 unspecified atom stereocenters. The number of carboxylic acids is 1. The summed E-state index contributed by atoms with van der Waals surface area (Å²) in [7, 11) is 0. The highest BCUT2D eigenvalue weighted by atomic mass is 35.5. The Labute approximate surface area is 222 Å². The van der Waals surface area contributed by atoms with Gasteiger partial charge in [0.1, 0.15) is 0 Å². The van der Waals surface area contributed by atoms with Crippen LogP contribution >= 0.6 is 23.2 Å². The normalized spacial score (nSPS) is 20.8. The highest BCUT2D eigenvalue weighted by Crippen LogP contribution is 2.48. The number of hydrogen-bond donors (Lipinski definition) is 1. The predicted octanol–water partition coefficient (Wildman–Crippen LogP) is 6.95. The first-order valence-corrected chi connectivity index (χ1v) is 13.1. The number of benzene rings is 2. The molecule has 0 radical (unpaired) electrons. The summed E-state index contributed by atoms with van der Waals surface area (Å²) in [4.78, 5) is 32.1. The molecule has 3 aromatic rings. The number of hydrogen-bond acceptors (Lipinski definition) is 3. The molecule has 188 valence electrons. The van der Waals surface area contributed by atoms with Gasteiger partial charge >= 0.3 is 5.97 Å². The summed E-state index contributed by atoms with van der Waals surface area (Å²) in [6, 6.07) is 20.8. The number of aliphatic carboxylic acids is 1. The number of rotatable bonds is 9. The van der Waals surface area contributed by atoms with Gasteiger partial charge in [0.2, 0.25) is 5.91 Å². The number of nitrogens with zero attached hydrogens (tertiary/aromatic N) is 2. The monoisotopic (exact) mass is 524 g/mol. The summed E-state index contributed by atoms with van der Waals surface area (Å²) in [6.45, 7) is 2.07. The first-order chi connectivity index (χ1) is 17.4. The van der Waals surface area contributed by atoms with E-state index in [-0.39, 0.29) is 30.3 Å². The van der Waals surface area contributed by atoms with Gasteiger partial charge < -0.3 is 10.0 Å². The number of pyridine rings is 1. The van der Waals surface area contributed by atoms with Crippen LogP contribution < -0.4 is 0 Å². The molecule has 1 aliphatic rings. The fourth-order valence-electron chi connectivity index (χ4n) is 5.38. The molecule has 2 heterocycles. The average molecular weight is 525 g/mol. The Balaban J connectivity index is 1.79. The molecule has 1 N–H and O–H groups in total. The standard InChI is InChI=1S/C29H30Cl2N2O3/c1-2-25(14-13-24-8-3-4-15-32-24)33-28(19-9-11-22(30)12-10-19)26(20-6-5-7-23(31)16-20)17-21(29(33)36)18-27(34)35/h3-12,15-16,21,25-26,28H,2,13-14,17-18H2,1H3,(H,34,35)/t21-,25?,26?,28-/m1/s1. The lowest BCUT2D eigenvalue weighted by molar-refractivity contribution is -0.152. The second-order valence-electron chi connectivity index (χ2n) is 9.36. The zero-order valence-electron chi connectivity index (χ0n) is 20.2. The van der Waals surface area contributed by atoms with Crippen molar-refractivity contribution in [1.82, 2.24) is 9.88 Å². The molecule has 0 spiro atoms. The minimum Gasteiger partial charge on any atom is -0.481 e. The number of carbonyl (C=O) groups excluding carboxylic acids is 1. The van der Waals surface area contributed by atoms with Crippen molar-refractivity contribution < 1.29 is 14.7 Å². The van der Waals surface area contributed by atoms with Crippen molar-refractivity contribution >= 4 is 35.1 Å². The molecular weight excluding hydrogens is 495 g/mol. The van der Waals surface area contributed by atoms with E-state index in [1.165, 1.54) is 0 Å². The van der Waals surface area contributed by atoms with Gasteiger partial charge in [-0.2, -0.15) is 0 Å². The highest BCUT2D eigenvalue weighted by Gasteiger charge is 2.45. The Morgan fingerprint density at radius 3 is 2.47 bits per heavy atom. The van der Waals surface area contributed by atoms with E-state index < -0.39 is 11.9 Å². The summed E-state index contributed by atoms with van der Waals surface area (Å²) in [5.74, 6) is -1.80. The van der Waals surface area contributed by atoms with Crippen molar-refractivity contribution in [2.75, 3.05) is 0 Å². The van der Waals surface area contributed by atoms with Gasteiger partial charge in [-0.1, -0.05) is 60.5 Å². The number of aromatic nitrogens is 1. The molecule has 1 aliphatic heterocycles. The molecule has 0 aliphatic carbocycles. The lowest BCUT2D eigenvalue weighted by Gasteiger charge is -2.48. The van der Waals surface area contributed by atoms with Crippen molar-refractivity contribution in [1.29, 1.82) is 0 Å². The Kier molecular flexibility index (Phi) is 8.65. The maximum absolute atomic E-state index is 14.0. The number of aryl methyl sites for hydroxylation is 1. The Hall–Kier alpha value is -2.89. The Morgan fingerprint density at radius 1 is 1.06 bits per heavy atom. The van der Waals surface area contributed by atoms with E-state index in [1.807, 2.05) is 71.6 Å². The lowest BCUT2D eigenvalue weighted by Crippen LogP contribution is -2.52. The van der Waals surface area contributed by atoms with E-state index in [0.29, 0.717) is 16.5 Å². The maximum Gasteiger partial charge on any atom is 0.304 e. The third-order valence-electron chi connectivity index (χ3n) is 7.06. The minimum atomic E-state index is -0.968. The van der Waals surface area contributed by atoms with Gasteiger partial charge in [0.05, 0.1) is 12.5 Å². The van der Waals surface area contributed by atoms with Crippen LogP contribution in [0.2, 0.25) is 10.0 Å². The predicted molar refractivity (Wildman–Crippen MR) is 142 cm³/mol. The summed E-state index contributed by atoms with van der Waals surface area (Å²) in [5.41, 5.74) is 2.94. The molecule has 4 rings (SSSR count). The lowest BCUT2D eigenvalue weighted by atomic mass is 9.74. The maximum atomic E-state index is 14.0. The molecule has 36 heavy (non-hydrogen) atoms. The van der Waals surface area contributed by atoms with Gasteiger partial charge in [-0.15, -0.1) is 0 Å². The summed E-state index contributed by atoms with van der Waals surface area (Å²) in [6.07, 6.45) is 4.21. The molecule has 1 saturated heterocycles. The SMILES string of the molecule is CCC(CCc1ccccn1)N1C(=O)[C@@H](CC(=O)O)CC(c2cccc(Cl)c2)[C@H]1c1ccc(Cl)cc1. The van der Waals surface area contributed by atoms with E-state index in [0.717, 1.165) is 36.1 Å². The molecule has 7 heteroatoms. The molecule has 1 amide bonds. The highest BCUT2D eigenvalue weighted by molar-refractivity contribution is 6.30. The number of amides is 1. The summed E-state index contributed by atoms with van der Waals surface area (Å²) < 4.78 is 0. The van der Waals surface area contributed by atoms with Gasteiger partial charge in [0.15, 0.2) is 0 Å². The van der Waals surface area contributed by atoms with Crippen LogP contribution in [0.25, 0.3) is 0 Å². The molecule has 1 aromatic heterocycles. The number of carboxylic acid groups (broad SMARTS) is 1. The minimum absolute atomic E-state index is 0.0848. The van der Waals surface area contributed by atoms with Crippen molar-refractivity contribution in [3.63, 3.8) is 0 Å². The van der Waals surface area contributed by atoms with E-state index >= 15 is 0 Å². The molecule has 4 atom stereocenters. The van der Waals surface area contributed by atoms with Gasteiger partial charge in [-0.25, -0.2) is 0 Å². The van der Waals surface area contributed by atoms with Crippen molar-refractivity contribution in [3.05, 3.63) is 99.8 Å². The van der Waals surface area contributed by atoms with Crippen LogP contribution in [0.15, 0.2) is 72.9 Å². The molecule has 2 aromatic carbocycles. The van der Waals surface area contributed by atoms with E-state index in [4.69, 9.17) is 23.2 Å². The Morgan fingerprint density at radius 2 is 1.83 bits per heavy atom. The molecular formula is C29H30Cl2N2O3. The fraction of sp³-hybridized carbons (Fsp3) is 0.345. The largest absolute Gasteiger partial charge is 0.481 e. The number of piperidine rings is 1. The topological polar surface area (TPSA) is 70.5 Å². The molecule has 0 saturated carbocycles. The number of halogens is 2. The van der Waals surface area contributed by atoms with Gasteiger partial charge in [-0.05, 0) is 73.2 Å². The first-order valence-electron chi connectivity index (χ1n) is 12.3. The molecule has 5 nitrogen and oxygen atoms in total. The van der Waals surface area contributed by atoms with Crippen LogP contribution in [-0.4, -0.2) is 32.9 Å². The number of carbonyl (C=O) groups is 2. The van der Waals surface area contributed by atoms with Crippen LogP contribution in [-0.2, 0) is 16.0 Å². The van der Waals surface area contributed by atoms with Crippen LogP contribution in [0.3, 0.4) is 0 Å². The van der Waals surface area contributed by atoms with Crippen molar-refractivity contribution in [3.8, 4) is 0 Å². The van der Waals surface area contributed by atoms with Crippen LogP contribution in [0, 0.1) is 5.92 Å². The van der Waals surface area contributed by atoms with E-state index in [9.17, 15) is 14.7 Å². The van der Waals surface area contributed by atoms with Crippen LogP contribution in [0.4, 0.5) is 0 Å². The van der Waals surface area contributed by atoms with Crippen molar-refractivity contribution in [2.24, 2.45) is 5.92 Å². The van der Waals surface area contributed by atoms with Gasteiger partial charge in [0, 0.05) is 39.8 Å². The van der Waals surface area contributed by atoms with Gasteiger partial charge in [0.25, 0.3) is 0 Å². The first kappa shape index (κ1) is 26.2. The third-order valence-corrected chi connectivity index (χ3v) is 7.54. The van der Waals surface area contributed by atoms with E-state index in [1.54, 1.807) is 6.20 Å². The molecule has 1 fully saturated rings. The average Bonchev–Trinajstić information content (AvgIpc) is 2.87. The molecule has 0 bridgehead atoms. The second kappa shape index (κ2) is 11.9. The summed E-state index contributed by atoms with van der Waals surface area (Å²) >= 11 is 12.6. The number of likely N-dealkylation sites (tertiary alicyclic amines) is 1. The summed E-state index contributed by atoms with van der Waals surface area (Å²) in [5, 5.41) is 10.9. The second-order valence-corrected chi connectivity index (χ2v) is 10.2. The van der Waals surface area contributed by atoms with Gasteiger partial charge in [-0.3, -0.25) is 14.6 Å². The van der Waals surface area contributed by atoms with Crippen LogP contribution in [0.5, 0.6) is 0 Å². The third kappa shape index (κ3) is 6.08. The fourth-order valence-corrected chi connectivity index (χ4v) is 5.70. The van der Waals surface area contributed by atoms with Crippen LogP contribution in [0.1, 0.15) is 61.4 Å². The smallest absolute Gasteiger partial charge is 0.304 e. The van der Waals surface area contributed by atoms with E-state index in [2.05, 4.69) is 11.9 Å². The van der Waals surface area contributed by atoms with Crippen molar-refractivity contribution in [2.45, 2.75) is 57.0 Å². The zero-order valence-corrected chi connectivity index (χ0v) is 21.7.